The molecule has 18 heavy (non-hydrogen) atoms. The van der Waals surface area contributed by atoms with Crippen molar-refractivity contribution in [2.45, 2.75) is 16.7 Å². The van der Waals surface area contributed by atoms with Gasteiger partial charge in [0.1, 0.15) is 5.54 Å². The minimum Gasteiger partial charge on any atom is -0.480 e. The van der Waals surface area contributed by atoms with E-state index in [2.05, 4.69) is 15.9 Å². The summed E-state index contributed by atoms with van der Waals surface area (Å²) in [5.41, 5.74) is 4.65. The summed E-state index contributed by atoms with van der Waals surface area (Å²) >= 11 is 3.26. The lowest BCUT2D eigenvalue weighted by atomic mass is 10.1. The molecule has 3 N–H and O–H groups in total. The van der Waals surface area contributed by atoms with E-state index in [1.807, 2.05) is 0 Å². The molecule has 0 bridgehead atoms. The normalized spacial score (nSPS) is 31.1. The van der Waals surface area contributed by atoms with Crippen LogP contribution in [0, 0.1) is 0 Å². The standard InChI is InChI=1S/C11H12BrNO4S/c1-18(16,17)9-8(11(9,13)10(14)15)6-2-4-7(12)5-3-6/h2-5,8-9H,13H2,1H3,(H,14,15)/t8-,9-,11+/m1/s1. The molecule has 0 aliphatic heterocycles. The fraction of sp³-hybridized carbons (Fsp3) is 0.364. The highest BCUT2D eigenvalue weighted by Crippen LogP contribution is 2.54. The van der Waals surface area contributed by atoms with Crippen molar-refractivity contribution in [3.05, 3.63) is 34.3 Å². The minimum atomic E-state index is -3.51. The number of aliphatic carboxylic acids is 1. The van der Waals surface area contributed by atoms with Gasteiger partial charge in [-0.1, -0.05) is 28.1 Å². The van der Waals surface area contributed by atoms with Crippen LogP contribution in [0.15, 0.2) is 28.7 Å². The minimum absolute atomic E-state index is 0.624. The quantitative estimate of drug-likeness (QED) is 0.850. The number of carboxylic acids is 1. The third kappa shape index (κ3) is 1.96. The zero-order chi connectivity index (χ0) is 13.7. The number of carbonyl (C=O) groups is 1. The van der Waals surface area contributed by atoms with E-state index in [1.165, 1.54) is 0 Å². The number of halogens is 1. The third-order valence-electron chi connectivity index (χ3n) is 3.24. The largest absolute Gasteiger partial charge is 0.480 e. The summed E-state index contributed by atoms with van der Waals surface area (Å²) < 4.78 is 24.1. The van der Waals surface area contributed by atoms with Crippen LogP contribution >= 0.6 is 15.9 Å². The third-order valence-corrected chi connectivity index (χ3v) is 5.35. The Bertz CT molecular complexity index is 598. The highest BCUT2D eigenvalue weighted by atomic mass is 79.9. The van der Waals surface area contributed by atoms with Crippen molar-refractivity contribution in [3.63, 3.8) is 0 Å². The monoisotopic (exact) mass is 333 g/mol. The van der Waals surface area contributed by atoms with E-state index < -0.39 is 32.5 Å². The lowest BCUT2D eigenvalue weighted by Crippen LogP contribution is -2.39. The first-order valence-corrected chi connectivity index (χ1v) is 7.90. The maximum atomic E-state index is 11.6. The first kappa shape index (κ1) is 13.5. The number of sulfone groups is 1. The second kappa shape index (κ2) is 4.04. The van der Waals surface area contributed by atoms with E-state index in [1.54, 1.807) is 24.3 Å². The van der Waals surface area contributed by atoms with Crippen LogP contribution in [0.5, 0.6) is 0 Å². The van der Waals surface area contributed by atoms with Crippen LogP contribution < -0.4 is 5.73 Å². The zero-order valence-electron chi connectivity index (χ0n) is 9.50. The van der Waals surface area contributed by atoms with Gasteiger partial charge in [0, 0.05) is 16.6 Å². The molecule has 0 saturated heterocycles. The molecule has 0 unspecified atom stereocenters. The Balaban J connectivity index is 2.45. The maximum Gasteiger partial charge on any atom is 0.325 e. The lowest BCUT2D eigenvalue weighted by Gasteiger charge is -2.04. The molecule has 0 amide bonds. The molecule has 3 atom stereocenters. The first-order chi connectivity index (χ1) is 8.19. The molecule has 1 aliphatic rings. The molecule has 7 heteroatoms. The van der Waals surface area contributed by atoms with Gasteiger partial charge in [-0.2, -0.15) is 0 Å². The topological polar surface area (TPSA) is 97.5 Å². The van der Waals surface area contributed by atoms with Crippen molar-refractivity contribution in [2.24, 2.45) is 5.73 Å². The Morgan fingerprint density at radius 1 is 1.39 bits per heavy atom. The summed E-state index contributed by atoms with van der Waals surface area (Å²) in [6, 6.07) is 6.83. The van der Waals surface area contributed by atoms with E-state index in [4.69, 9.17) is 10.8 Å². The van der Waals surface area contributed by atoms with E-state index >= 15 is 0 Å². The van der Waals surface area contributed by atoms with Gasteiger partial charge in [-0.15, -0.1) is 0 Å². The molecule has 1 aliphatic carbocycles. The van der Waals surface area contributed by atoms with Crippen molar-refractivity contribution in [1.82, 2.24) is 0 Å². The van der Waals surface area contributed by atoms with Gasteiger partial charge in [-0.25, -0.2) is 8.42 Å². The van der Waals surface area contributed by atoms with Gasteiger partial charge < -0.3 is 10.8 Å². The van der Waals surface area contributed by atoms with Crippen LogP contribution in [0.1, 0.15) is 11.5 Å². The van der Waals surface area contributed by atoms with Crippen molar-refractivity contribution in [2.75, 3.05) is 6.26 Å². The smallest absolute Gasteiger partial charge is 0.325 e. The van der Waals surface area contributed by atoms with Gasteiger partial charge in [0.2, 0.25) is 0 Å². The summed E-state index contributed by atoms with van der Waals surface area (Å²) in [4.78, 5) is 11.2. The Hall–Kier alpha value is -0.920. The maximum absolute atomic E-state index is 11.6. The molecule has 1 fully saturated rings. The molecule has 0 heterocycles. The highest BCUT2D eigenvalue weighted by Gasteiger charge is 2.73. The predicted octanol–water partition coefficient (Wildman–Crippen LogP) is 0.742. The van der Waals surface area contributed by atoms with Gasteiger partial charge in [0.25, 0.3) is 0 Å². The molecule has 0 radical (unpaired) electrons. The van der Waals surface area contributed by atoms with Gasteiger partial charge >= 0.3 is 5.97 Å². The molecule has 1 aromatic carbocycles. The molecule has 0 aromatic heterocycles. The van der Waals surface area contributed by atoms with Crippen molar-refractivity contribution >= 4 is 31.7 Å². The summed E-state index contributed by atoms with van der Waals surface area (Å²) in [7, 11) is -3.51. The molecule has 2 rings (SSSR count). The Labute approximate surface area is 113 Å². The molecule has 98 valence electrons. The average molecular weight is 334 g/mol. The van der Waals surface area contributed by atoms with Gasteiger partial charge in [0.15, 0.2) is 9.84 Å². The van der Waals surface area contributed by atoms with Crippen molar-refractivity contribution < 1.29 is 18.3 Å². The zero-order valence-corrected chi connectivity index (χ0v) is 11.9. The molecular weight excluding hydrogens is 322 g/mol. The van der Waals surface area contributed by atoms with Crippen LogP contribution in [0.3, 0.4) is 0 Å². The summed E-state index contributed by atoms with van der Waals surface area (Å²) in [5.74, 6) is -1.98. The lowest BCUT2D eigenvalue weighted by molar-refractivity contribution is -0.139. The second-order valence-electron chi connectivity index (χ2n) is 4.52. The van der Waals surface area contributed by atoms with Crippen LogP contribution in [-0.2, 0) is 14.6 Å². The summed E-state index contributed by atoms with van der Waals surface area (Å²) in [6.45, 7) is 0. The fourth-order valence-corrected chi connectivity index (χ4v) is 4.37. The first-order valence-electron chi connectivity index (χ1n) is 5.15. The molecule has 0 spiro atoms. The van der Waals surface area contributed by atoms with E-state index in [0.717, 1.165) is 10.7 Å². The average Bonchev–Trinajstić information content (AvgIpc) is 2.87. The predicted molar refractivity (Wildman–Crippen MR) is 70.1 cm³/mol. The highest BCUT2D eigenvalue weighted by molar-refractivity contribution is 9.10. The summed E-state index contributed by atoms with van der Waals surface area (Å²) in [5, 5.41) is 8.07. The molecular formula is C11H12BrNO4S. The number of hydrogen-bond donors (Lipinski definition) is 2. The van der Waals surface area contributed by atoms with Crippen LogP contribution in [0.2, 0.25) is 0 Å². The number of benzene rings is 1. The van der Waals surface area contributed by atoms with E-state index in [9.17, 15) is 13.2 Å². The van der Waals surface area contributed by atoms with Crippen molar-refractivity contribution in [1.29, 1.82) is 0 Å². The van der Waals surface area contributed by atoms with E-state index in [0.29, 0.717) is 5.56 Å². The fourth-order valence-electron chi connectivity index (χ4n) is 2.35. The van der Waals surface area contributed by atoms with Gasteiger partial charge in [-0.05, 0) is 17.7 Å². The second-order valence-corrected chi connectivity index (χ2v) is 7.60. The molecule has 1 saturated carbocycles. The van der Waals surface area contributed by atoms with E-state index in [-0.39, 0.29) is 0 Å². The number of nitrogens with two attached hydrogens (primary N) is 1. The number of hydrogen-bond acceptors (Lipinski definition) is 4. The molecule has 5 nitrogen and oxygen atoms in total. The van der Waals surface area contributed by atoms with Gasteiger partial charge in [-0.3, -0.25) is 4.79 Å². The summed E-state index contributed by atoms with van der Waals surface area (Å²) in [6.07, 6.45) is 1.01. The number of carboxylic acid groups (broad SMARTS) is 1. The Kier molecular flexibility index (Phi) is 3.03. The SMILES string of the molecule is CS(=O)(=O)[C@@H]1[C@@H](c2ccc(Br)cc2)[C@@]1(N)C(=O)O. The van der Waals surface area contributed by atoms with Crippen LogP contribution in [-0.4, -0.2) is 36.5 Å². The molecule has 1 aromatic rings. The van der Waals surface area contributed by atoms with Crippen LogP contribution in [0.4, 0.5) is 0 Å². The Morgan fingerprint density at radius 2 is 1.89 bits per heavy atom. The van der Waals surface area contributed by atoms with Crippen molar-refractivity contribution in [3.8, 4) is 0 Å². The Morgan fingerprint density at radius 3 is 2.22 bits per heavy atom. The van der Waals surface area contributed by atoms with Crippen LogP contribution in [0.25, 0.3) is 0 Å². The number of rotatable bonds is 3. The van der Waals surface area contributed by atoms with Gasteiger partial charge in [0.05, 0.1) is 5.25 Å².